The third-order valence-corrected chi connectivity index (χ3v) is 3.14. The first-order valence-electron chi connectivity index (χ1n) is 5.97. The smallest absolute Gasteiger partial charge is 0.258 e. The minimum absolute atomic E-state index is 0.0464. The molecular formula is C12H11N5O2. The maximum atomic E-state index is 11.0. The van der Waals surface area contributed by atoms with Gasteiger partial charge in [0.05, 0.1) is 4.92 Å². The van der Waals surface area contributed by atoms with E-state index in [0.717, 1.165) is 30.4 Å². The average molecular weight is 257 g/mol. The molecule has 3 rings (SSSR count). The second kappa shape index (κ2) is 4.60. The van der Waals surface area contributed by atoms with E-state index in [-0.39, 0.29) is 5.69 Å². The zero-order valence-corrected chi connectivity index (χ0v) is 10.0. The third-order valence-electron chi connectivity index (χ3n) is 3.14. The predicted molar refractivity (Wildman–Crippen MR) is 68.1 cm³/mol. The van der Waals surface area contributed by atoms with Gasteiger partial charge in [-0.1, -0.05) is 6.08 Å². The van der Waals surface area contributed by atoms with Crippen molar-refractivity contribution in [1.29, 1.82) is 0 Å². The SMILES string of the molecule is O=[N+]([O-])c1cc(C2=CCCC2)cc(-c2nn[nH]n2)c1. The molecule has 0 amide bonds. The van der Waals surface area contributed by atoms with Crippen LogP contribution in [0.2, 0.25) is 0 Å². The Bertz CT molecular complexity index is 648. The number of allylic oxidation sites excluding steroid dienone is 2. The number of nitro benzene ring substituents is 1. The number of tetrazole rings is 1. The third kappa shape index (κ3) is 2.22. The van der Waals surface area contributed by atoms with Gasteiger partial charge in [-0.25, -0.2) is 0 Å². The number of hydrogen-bond acceptors (Lipinski definition) is 5. The summed E-state index contributed by atoms with van der Waals surface area (Å²) in [7, 11) is 0. The van der Waals surface area contributed by atoms with Crippen LogP contribution in [0.5, 0.6) is 0 Å². The maximum Gasteiger partial charge on any atom is 0.270 e. The second-order valence-electron chi connectivity index (χ2n) is 4.38. The van der Waals surface area contributed by atoms with Crippen LogP contribution in [0.25, 0.3) is 17.0 Å². The number of nitro groups is 1. The summed E-state index contributed by atoms with van der Waals surface area (Å²) in [6.45, 7) is 0. The highest BCUT2D eigenvalue weighted by Gasteiger charge is 2.16. The molecule has 0 aliphatic heterocycles. The number of benzene rings is 1. The van der Waals surface area contributed by atoms with E-state index in [2.05, 4.69) is 26.7 Å². The van der Waals surface area contributed by atoms with Crippen molar-refractivity contribution in [3.05, 3.63) is 40.0 Å². The van der Waals surface area contributed by atoms with Crippen LogP contribution < -0.4 is 0 Å². The Labute approximate surface area is 108 Å². The van der Waals surface area contributed by atoms with Crippen molar-refractivity contribution in [2.45, 2.75) is 19.3 Å². The molecule has 0 atom stereocenters. The molecular weight excluding hydrogens is 246 g/mol. The van der Waals surface area contributed by atoms with Crippen molar-refractivity contribution < 1.29 is 4.92 Å². The first-order chi connectivity index (χ1) is 9.24. The van der Waals surface area contributed by atoms with Gasteiger partial charge < -0.3 is 0 Å². The zero-order chi connectivity index (χ0) is 13.2. The van der Waals surface area contributed by atoms with Gasteiger partial charge in [-0.3, -0.25) is 10.1 Å². The van der Waals surface area contributed by atoms with E-state index in [4.69, 9.17) is 0 Å². The molecule has 7 nitrogen and oxygen atoms in total. The molecule has 0 fully saturated rings. The van der Waals surface area contributed by atoms with Gasteiger partial charge in [0.15, 0.2) is 0 Å². The van der Waals surface area contributed by atoms with Crippen LogP contribution in [0.1, 0.15) is 24.8 Å². The van der Waals surface area contributed by atoms with Crippen molar-refractivity contribution in [3.63, 3.8) is 0 Å². The van der Waals surface area contributed by atoms with Gasteiger partial charge >= 0.3 is 0 Å². The van der Waals surface area contributed by atoms with Gasteiger partial charge in [-0.05, 0) is 41.7 Å². The lowest BCUT2D eigenvalue weighted by Crippen LogP contribution is -1.93. The summed E-state index contributed by atoms with van der Waals surface area (Å²) in [6.07, 6.45) is 5.19. The Morgan fingerprint density at radius 3 is 2.74 bits per heavy atom. The fraction of sp³-hybridized carbons (Fsp3) is 0.250. The lowest BCUT2D eigenvalue weighted by Gasteiger charge is -2.04. The molecule has 7 heteroatoms. The summed E-state index contributed by atoms with van der Waals surface area (Å²) in [6, 6.07) is 4.93. The van der Waals surface area contributed by atoms with Crippen molar-refractivity contribution in [1.82, 2.24) is 20.6 Å². The van der Waals surface area contributed by atoms with Crippen molar-refractivity contribution in [2.24, 2.45) is 0 Å². The lowest BCUT2D eigenvalue weighted by molar-refractivity contribution is -0.384. The maximum absolute atomic E-state index is 11.0. The molecule has 0 saturated carbocycles. The number of aromatic amines is 1. The summed E-state index contributed by atoms with van der Waals surface area (Å²) >= 11 is 0. The normalized spacial score (nSPS) is 14.4. The molecule has 1 aliphatic carbocycles. The molecule has 1 N–H and O–H groups in total. The number of rotatable bonds is 3. The van der Waals surface area contributed by atoms with E-state index in [1.54, 1.807) is 6.07 Å². The molecule has 1 aliphatic rings. The molecule has 0 bridgehead atoms. The highest BCUT2D eigenvalue weighted by atomic mass is 16.6. The fourth-order valence-corrected chi connectivity index (χ4v) is 2.25. The van der Waals surface area contributed by atoms with Gasteiger partial charge in [-0.15, -0.1) is 10.2 Å². The van der Waals surface area contributed by atoms with Crippen LogP contribution in [-0.4, -0.2) is 25.5 Å². The van der Waals surface area contributed by atoms with Crippen LogP contribution in [0.15, 0.2) is 24.3 Å². The average Bonchev–Trinajstić information content (AvgIpc) is 3.11. The van der Waals surface area contributed by atoms with Crippen molar-refractivity contribution in [3.8, 4) is 11.4 Å². The molecule has 2 aromatic rings. The minimum Gasteiger partial charge on any atom is -0.258 e. The Morgan fingerprint density at radius 2 is 2.11 bits per heavy atom. The Balaban J connectivity index is 2.12. The number of aromatic nitrogens is 4. The van der Waals surface area contributed by atoms with Crippen LogP contribution in [0.4, 0.5) is 5.69 Å². The first-order valence-corrected chi connectivity index (χ1v) is 5.97. The molecule has 0 unspecified atom stereocenters. The Morgan fingerprint density at radius 1 is 1.26 bits per heavy atom. The quantitative estimate of drug-likeness (QED) is 0.672. The molecule has 1 heterocycles. The number of H-pyrrole nitrogens is 1. The molecule has 1 aromatic carbocycles. The number of nitrogens with one attached hydrogen (secondary N) is 1. The van der Waals surface area contributed by atoms with Gasteiger partial charge in [0.1, 0.15) is 0 Å². The summed E-state index contributed by atoms with van der Waals surface area (Å²) in [5, 5.41) is 24.6. The van der Waals surface area contributed by atoms with Crippen molar-refractivity contribution >= 4 is 11.3 Å². The molecule has 1 aromatic heterocycles. The highest BCUT2D eigenvalue weighted by molar-refractivity contribution is 5.74. The fourth-order valence-electron chi connectivity index (χ4n) is 2.25. The highest BCUT2D eigenvalue weighted by Crippen LogP contribution is 2.32. The van der Waals surface area contributed by atoms with E-state index < -0.39 is 4.92 Å². The van der Waals surface area contributed by atoms with E-state index >= 15 is 0 Å². The predicted octanol–water partition coefficient (Wildman–Crippen LogP) is 2.34. The summed E-state index contributed by atoms with van der Waals surface area (Å²) in [5.41, 5.74) is 2.66. The number of non-ortho nitro benzene ring substituents is 1. The number of hydrogen-bond donors (Lipinski definition) is 1. The van der Waals surface area contributed by atoms with Crippen LogP contribution >= 0.6 is 0 Å². The topological polar surface area (TPSA) is 97.6 Å². The Hall–Kier alpha value is -2.57. The van der Waals surface area contributed by atoms with Crippen LogP contribution in [0.3, 0.4) is 0 Å². The van der Waals surface area contributed by atoms with Crippen LogP contribution in [0, 0.1) is 10.1 Å². The molecule has 0 spiro atoms. The lowest BCUT2D eigenvalue weighted by atomic mass is 10.0. The minimum atomic E-state index is -0.400. The first kappa shape index (κ1) is 11.5. The second-order valence-corrected chi connectivity index (χ2v) is 4.38. The molecule has 0 radical (unpaired) electrons. The standard InChI is InChI=1S/C12H11N5O2/c18-17(19)11-6-9(8-3-1-2-4-8)5-10(7-11)12-13-15-16-14-12/h3,5-7H,1-2,4H2,(H,13,14,15,16). The van der Waals surface area contributed by atoms with Gasteiger partial charge in [0.25, 0.3) is 5.69 Å². The zero-order valence-electron chi connectivity index (χ0n) is 10.0. The molecule has 0 saturated heterocycles. The Kier molecular flexibility index (Phi) is 2.79. The van der Waals surface area contributed by atoms with Gasteiger partial charge in [0, 0.05) is 17.7 Å². The number of nitrogens with zero attached hydrogens (tertiary/aromatic N) is 4. The molecule has 19 heavy (non-hydrogen) atoms. The largest absolute Gasteiger partial charge is 0.270 e. The van der Waals surface area contributed by atoms with E-state index in [1.807, 2.05) is 6.07 Å². The summed E-state index contributed by atoms with van der Waals surface area (Å²) < 4.78 is 0. The van der Waals surface area contributed by atoms with E-state index in [9.17, 15) is 10.1 Å². The van der Waals surface area contributed by atoms with Gasteiger partial charge in [-0.2, -0.15) is 5.21 Å². The van der Waals surface area contributed by atoms with E-state index in [1.165, 1.54) is 6.07 Å². The van der Waals surface area contributed by atoms with Gasteiger partial charge in [0.2, 0.25) is 5.82 Å². The van der Waals surface area contributed by atoms with Crippen LogP contribution in [-0.2, 0) is 0 Å². The summed E-state index contributed by atoms with van der Waals surface area (Å²) in [5.74, 6) is 0.364. The van der Waals surface area contributed by atoms with E-state index in [0.29, 0.717) is 11.4 Å². The monoisotopic (exact) mass is 257 g/mol. The van der Waals surface area contributed by atoms with Crippen molar-refractivity contribution in [2.75, 3.05) is 0 Å². The summed E-state index contributed by atoms with van der Waals surface area (Å²) in [4.78, 5) is 10.6. The molecule has 96 valence electrons.